The van der Waals surface area contributed by atoms with Crippen LogP contribution in [0, 0.1) is 11.8 Å². The molecule has 3 aliphatic heterocycles. The number of benzene rings is 1. The normalized spacial score (nSPS) is 39.4. The number of esters is 3. The van der Waals surface area contributed by atoms with Crippen molar-refractivity contribution < 1.29 is 68.0 Å². The van der Waals surface area contributed by atoms with Gasteiger partial charge in [-0.25, -0.2) is 4.79 Å². The van der Waals surface area contributed by atoms with Gasteiger partial charge in [-0.05, 0) is 30.3 Å². The van der Waals surface area contributed by atoms with Crippen LogP contribution in [0.25, 0.3) is 0 Å². The van der Waals surface area contributed by atoms with E-state index in [1.165, 1.54) is 44.4 Å². The molecule has 40 heavy (non-hydrogen) atoms. The monoisotopic (exact) mass is 566 g/mol. The van der Waals surface area contributed by atoms with Gasteiger partial charge in [0.15, 0.2) is 6.29 Å². The van der Waals surface area contributed by atoms with E-state index in [9.17, 15) is 34.8 Å². The first kappa shape index (κ1) is 28.4. The van der Waals surface area contributed by atoms with Crippen LogP contribution in [0.2, 0.25) is 0 Å². The minimum atomic E-state index is -1.68. The molecule has 0 spiro atoms. The first-order valence-electron chi connectivity index (χ1n) is 12.6. The van der Waals surface area contributed by atoms with Crippen LogP contribution >= 0.6 is 0 Å². The maximum atomic E-state index is 13.0. The molecular weight excluding hydrogens is 536 g/mol. The Kier molecular flexibility index (Phi) is 7.85. The van der Waals surface area contributed by atoms with Gasteiger partial charge in [0.2, 0.25) is 6.29 Å². The minimum absolute atomic E-state index is 0.191. The predicted octanol–water partition coefficient (Wildman–Crippen LogP) is -1.23. The van der Waals surface area contributed by atoms with Crippen molar-refractivity contribution in [3.63, 3.8) is 0 Å². The SMILES string of the molecule is CC(=O)OC[C@]12O[C@@H]1[C@H](OC(=O)c1ccc(OC(C)=O)cc1)[C@@H]1C=CO[C@@H](O[C@@H]3O[C@H](CO)[C@@H](O)[C@H](O)[C@H]3O)[C@@H]12. The molecule has 5 rings (SSSR count). The van der Waals surface area contributed by atoms with Crippen LogP contribution in [0.3, 0.4) is 0 Å². The first-order chi connectivity index (χ1) is 19.1. The first-order valence-corrected chi connectivity index (χ1v) is 12.6. The third-order valence-corrected chi connectivity index (χ3v) is 7.45. The fourth-order valence-corrected chi connectivity index (χ4v) is 5.50. The number of hydrogen-bond acceptors (Lipinski definition) is 14. The third kappa shape index (κ3) is 5.19. The number of aliphatic hydroxyl groups excluding tert-OH is 4. The Labute approximate surface area is 227 Å². The van der Waals surface area contributed by atoms with E-state index in [4.69, 9.17) is 33.2 Å². The van der Waals surface area contributed by atoms with Crippen molar-refractivity contribution in [1.29, 1.82) is 0 Å². The Morgan fingerprint density at radius 1 is 0.975 bits per heavy atom. The van der Waals surface area contributed by atoms with Crippen LogP contribution in [0.5, 0.6) is 5.75 Å². The topological polar surface area (TPSA) is 200 Å². The highest BCUT2D eigenvalue weighted by Gasteiger charge is 2.78. The molecule has 1 aliphatic carbocycles. The molecule has 218 valence electrons. The molecule has 1 saturated carbocycles. The van der Waals surface area contributed by atoms with Crippen LogP contribution in [0.15, 0.2) is 36.6 Å². The summed E-state index contributed by atoms with van der Waals surface area (Å²) in [5.74, 6) is -2.75. The zero-order valence-corrected chi connectivity index (χ0v) is 21.5. The lowest BCUT2D eigenvalue weighted by molar-refractivity contribution is -0.344. The lowest BCUT2D eigenvalue weighted by Gasteiger charge is -2.43. The summed E-state index contributed by atoms with van der Waals surface area (Å²) < 4.78 is 39.1. The van der Waals surface area contributed by atoms with Crippen molar-refractivity contribution in [2.24, 2.45) is 11.8 Å². The average Bonchev–Trinajstić information content (AvgIpc) is 3.59. The summed E-state index contributed by atoms with van der Waals surface area (Å²) in [6.45, 7) is 1.64. The van der Waals surface area contributed by atoms with E-state index in [-0.39, 0.29) is 17.9 Å². The average molecular weight is 567 g/mol. The number of hydrogen-bond donors (Lipinski definition) is 4. The van der Waals surface area contributed by atoms with Crippen molar-refractivity contribution in [2.75, 3.05) is 13.2 Å². The zero-order chi connectivity index (χ0) is 28.8. The molecule has 4 N–H and O–H groups in total. The summed E-state index contributed by atoms with van der Waals surface area (Å²) in [4.78, 5) is 35.8. The number of carbonyl (C=O) groups excluding carboxylic acids is 3. The van der Waals surface area contributed by atoms with Crippen LogP contribution < -0.4 is 4.74 Å². The molecule has 0 radical (unpaired) electrons. The van der Waals surface area contributed by atoms with Gasteiger partial charge in [-0.1, -0.05) is 0 Å². The second-order valence-electron chi connectivity index (χ2n) is 10.0. The molecule has 3 heterocycles. The van der Waals surface area contributed by atoms with E-state index in [1.54, 1.807) is 6.08 Å². The number of aliphatic hydroxyl groups is 4. The molecule has 1 aromatic carbocycles. The van der Waals surface area contributed by atoms with Gasteiger partial charge >= 0.3 is 17.9 Å². The quantitative estimate of drug-likeness (QED) is 0.166. The van der Waals surface area contributed by atoms with Crippen LogP contribution in [0.1, 0.15) is 24.2 Å². The lowest BCUT2D eigenvalue weighted by Crippen LogP contribution is -2.60. The number of fused-ring (bicyclic) bond motifs is 3. The van der Waals surface area contributed by atoms with E-state index < -0.39 is 91.2 Å². The molecule has 14 heteroatoms. The van der Waals surface area contributed by atoms with Crippen molar-refractivity contribution >= 4 is 17.9 Å². The molecule has 14 nitrogen and oxygen atoms in total. The molecule has 0 aromatic heterocycles. The zero-order valence-electron chi connectivity index (χ0n) is 21.5. The number of ether oxygens (including phenoxy) is 7. The highest BCUT2D eigenvalue weighted by atomic mass is 16.8. The van der Waals surface area contributed by atoms with E-state index in [0.717, 1.165) is 0 Å². The second-order valence-corrected chi connectivity index (χ2v) is 10.0. The molecule has 11 atom stereocenters. The van der Waals surface area contributed by atoms with Gasteiger partial charge in [0.1, 0.15) is 54.6 Å². The summed E-state index contributed by atoms with van der Waals surface area (Å²) >= 11 is 0. The largest absolute Gasteiger partial charge is 0.472 e. The highest BCUT2D eigenvalue weighted by Crippen LogP contribution is 2.61. The highest BCUT2D eigenvalue weighted by molar-refractivity contribution is 5.89. The van der Waals surface area contributed by atoms with Gasteiger partial charge in [0.05, 0.1) is 24.4 Å². The summed E-state index contributed by atoms with van der Waals surface area (Å²) in [6, 6.07) is 5.79. The van der Waals surface area contributed by atoms with E-state index in [2.05, 4.69) is 0 Å². The lowest BCUT2D eigenvalue weighted by atomic mass is 9.85. The molecule has 4 aliphatic rings. The third-order valence-electron chi connectivity index (χ3n) is 7.45. The van der Waals surface area contributed by atoms with Crippen molar-refractivity contribution in [3.05, 3.63) is 42.2 Å². The van der Waals surface area contributed by atoms with Crippen molar-refractivity contribution in [3.8, 4) is 5.75 Å². The number of carbonyl (C=O) groups is 3. The van der Waals surface area contributed by atoms with E-state index in [0.29, 0.717) is 0 Å². The molecule has 0 bridgehead atoms. The van der Waals surface area contributed by atoms with Gasteiger partial charge in [-0.2, -0.15) is 0 Å². The molecule has 2 saturated heterocycles. The molecular formula is C26H30O14. The smallest absolute Gasteiger partial charge is 0.338 e. The van der Waals surface area contributed by atoms with Crippen LogP contribution in [-0.2, 0) is 38.0 Å². The minimum Gasteiger partial charge on any atom is -0.472 e. The summed E-state index contributed by atoms with van der Waals surface area (Å²) in [6.07, 6.45) is -7.39. The number of rotatable bonds is 8. The van der Waals surface area contributed by atoms with Gasteiger partial charge < -0.3 is 53.6 Å². The Hall–Kier alpha value is -3.11. The van der Waals surface area contributed by atoms with Gasteiger partial charge in [-0.15, -0.1) is 0 Å². The van der Waals surface area contributed by atoms with Crippen LogP contribution in [-0.4, -0.2) is 106 Å². The van der Waals surface area contributed by atoms with Gasteiger partial charge in [0, 0.05) is 19.8 Å². The maximum absolute atomic E-state index is 13.0. The maximum Gasteiger partial charge on any atom is 0.338 e. The Morgan fingerprint density at radius 3 is 2.35 bits per heavy atom. The van der Waals surface area contributed by atoms with Crippen molar-refractivity contribution in [2.45, 2.75) is 68.7 Å². The molecule has 1 aromatic rings. The van der Waals surface area contributed by atoms with Gasteiger partial charge in [0.25, 0.3) is 0 Å². The predicted molar refractivity (Wildman–Crippen MR) is 127 cm³/mol. The van der Waals surface area contributed by atoms with E-state index in [1.807, 2.05) is 0 Å². The number of epoxide rings is 1. The molecule has 3 fully saturated rings. The van der Waals surface area contributed by atoms with E-state index >= 15 is 0 Å². The van der Waals surface area contributed by atoms with Gasteiger partial charge in [-0.3, -0.25) is 9.59 Å². The summed E-state index contributed by atoms with van der Waals surface area (Å²) in [5, 5.41) is 40.2. The van der Waals surface area contributed by atoms with Crippen molar-refractivity contribution in [1.82, 2.24) is 0 Å². The second kappa shape index (κ2) is 11.0. The molecule has 0 amide bonds. The van der Waals surface area contributed by atoms with Crippen LogP contribution in [0.4, 0.5) is 0 Å². The summed E-state index contributed by atoms with van der Waals surface area (Å²) in [5.41, 5.74) is -0.972. The Bertz CT molecular complexity index is 1150. The molecule has 0 unspecified atom stereocenters. The fourth-order valence-electron chi connectivity index (χ4n) is 5.50. The standard InChI is InChI=1S/C26H30O14/c1-11(28)35-10-26-17-15(7-8-34-24(17)39-25-20(32)19(31)18(30)16(9-27)37-25)21(22(26)40-26)38-23(33)13-3-5-14(6-4-13)36-12(2)29/h3-8,15-22,24-25,27,30-32H,9-10H2,1-2H3/t15-,16-,17-,18-,19+,20-,21-,22-,24+,25+,26-/m1/s1. The Morgan fingerprint density at radius 2 is 1.70 bits per heavy atom. The Balaban J connectivity index is 1.36. The summed E-state index contributed by atoms with van der Waals surface area (Å²) in [7, 11) is 0. The fraction of sp³-hybridized carbons (Fsp3) is 0.577.